The van der Waals surface area contributed by atoms with Crippen molar-refractivity contribution < 1.29 is 75.1 Å². The molecule has 0 heterocycles. The minimum atomic E-state index is -5.68. The van der Waals surface area contributed by atoms with Gasteiger partial charge in [0.25, 0.3) is 0 Å². The number of rotatable bonds is 2. The Kier molecular flexibility index (Phi) is 15.0. The fourth-order valence-electron chi connectivity index (χ4n) is 1.31. The molecule has 0 amide bonds. The molecule has 1 fully saturated rings. The first-order valence-electron chi connectivity index (χ1n) is 4.78. The summed E-state index contributed by atoms with van der Waals surface area (Å²) >= 11 is 0. The third-order valence-electron chi connectivity index (χ3n) is 2.07. The topological polar surface area (TPSA) is 188 Å². The Bertz CT molecular complexity index is 293. The minimum absolute atomic E-state index is 0. The van der Waals surface area contributed by atoms with Gasteiger partial charge in [0.1, 0.15) is 0 Å². The van der Waals surface area contributed by atoms with Crippen molar-refractivity contribution in [3.8, 4) is 0 Å². The maximum absolute atomic E-state index is 9.32. The summed E-state index contributed by atoms with van der Waals surface area (Å²) < 4.78 is 21.2. The van der Waals surface area contributed by atoms with E-state index in [1.165, 1.54) is 12.8 Å². The number of hydrogen-bond acceptors (Lipinski definition) is 9. The summed E-state index contributed by atoms with van der Waals surface area (Å²) in [5.74, 6) is 0. The monoisotopic (exact) mass is 678 g/mol. The van der Waals surface area contributed by atoms with Gasteiger partial charge in [-0.2, -0.15) is 0 Å². The normalized spacial score (nSPS) is 23.3. The molecule has 1 rings (SSSR count). The van der Waals surface area contributed by atoms with E-state index in [0.717, 1.165) is 12.8 Å². The molecule has 0 saturated heterocycles. The van der Waals surface area contributed by atoms with E-state index in [0.29, 0.717) is 0 Å². The quantitative estimate of drug-likeness (QED) is 0.285. The maximum atomic E-state index is 9.32. The average molecular weight is 678 g/mol. The van der Waals surface area contributed by atoms with Crippen LogP contribution in [0.25, 0.3) is 0 Å². The molecule has 120 valence electrons. The summed E-state index contributed by atoms with van der Waals surface area (Å²) in [4.78, 5) is 37.3. The molecule has 0 aromatic rings. The van der Waals surface area contributed by atoms with Crippen molar-refractivity contribution in [1.29, 1.82) is 0 Å². The van der Waals surface area contributed by atoms with Crippen molar-refractivity contribution in [1.82, 2.24) is 0 Å². The zero-order chi connectivity index (χ0) is 13.7. The Hall–Kier alpha value is 1.56. The maximum Gasteiger partial charge on any atom is 2.00 e. The van der Waals surface area contributed by atoms with Gasteiger partial charge in [0.05, 0.1) is 15.6 Å². The molecule has 0 radical (unpaired) electrons. The van der Waals surface area contributed by atoms with E-state index in [1.54, 1.807) is 0 Å². The van der Waals surface area contributed by atoms with Crippen molar-refractivity contribution in [3.05, 3.63) is 0 Å². The molecule has 2 atom stereocenters. The largest absolute Gasteiger partial charge is 2.00 e. The number of nitrogens with two attached hydrogens (primary N) is 2. The van der Waals surface area contributed by atoms with Crippen LogP contribution in [0.15, 0.2) is 0 Å². The van der Waals surface area contributed by atoms with Crippen molar-refractivity contribution in [2.24, 2.45) is 11.5 Å². The molecular weight excluding hydrogens is 664 g/mol. The first kappa shape index (κ1) is 25.5. The molecule has 0 unspecified atom stereocenters. The van der Waals surface area contributed by atoms with E-state index >= 15 is 0 Å². The summed E-state index contributed by atoms with van der Waals surface area (Å²) in [5, 5.41) is 0. The minimum Gasteiger partial charge on any atom is -0.790 e. The van der Waals surface area contributed by atoms with Crippen LogP contribution in [0.4, 0.5) is 0 Å². The van der Waals surface area contributed by atoms with Gasteiger partial charge < -0.3 is 44.5 Å². The molecule has 4 N–H and O–H groups in total. The van der Waals surface area contributed by atoms with Gasteiger partial charge in [-0.1, -0.05) is 12.8 Å². The molecule has 1 saturated carbocycles. The van der Waals surface area contributed by atoms with Gasteiger partial charge >= 0.3 is 42.1 Å². The van der Waals surface area contributed by atoms with Crippen LogP contribution in [-0.2, 0) is 55.6 Å². The van der Waals surface area contributed by atoms with E-state index < -0.39 is 15.6 Å². The number of hydrogen-bond donors (Lipinski definition) is 2. The summed E-state index contributed by atoms with van der Waals surface area (Å²) in [6.45, 7) is 0. The molecule has 0 spiro atoms. The van der Waals surface area contributed by atoms with Gasteiger partial charge in [-0.15, -0.1) is 0 Å². The van der Waals surface area contributed by atoms with Gasteiger partial charge in [-0.3, -0.25) is 0 Å². The smallest absolute Gasteiger partial charge is 0.790 e. The molecule has 1 aliphatic carbocycles. The van der Waals surface area contributed by atoms with Crippen LogP contribution in [0.2, 0.25) is 0 Å². The Balaban J connectivity index is -0.000000244. The van der Waals surface area contributed by atoms with E-state index in [9.17, 15) is 28.7 Å². The molecule has 0 aromatic carbocycles. The Morgan fingerprint density at radius 3 is 1.21 bits per heavy atom. The average Bonchev–Trinajstić information content (AvgIpc) is 2.04. The zero-order valence-corrected chi connectivity index (χ0v) is 15.9. The summed E-state index contributed by atoms with van der Waals surface area (Å²) in [7, 11) is -11.4. The molecule has 9 nitrogen and oxygen atoms in total. The fourth-order valence-corrected chi connectivity index (χ4v) is 2.29. The molecule has 0 bridgehead atoms. The van der Waals surface area contributed by atoms with Crippen LogP contribution in [-0.4, -0.2) is 12.1 Å². The third kappa shape index (κ3) is 17.5. The van der Waals surface area contributed by atoms with Crippen LogP contribution < -0.4 is 31.0 Å². The van der Waals surface area contributed by atoms with E-state index in [4.69, 9.17) is 11.5 Å². The van der Waals surface area contributed by atoms with Crippen LogP contribution in [0.1, 0.15) is 25.7 Å². The van der Waals surface area contributed by atoms with Crippen molar-refractivity contribution >= 4 is 15.6 Å². The summed E-state index contributed by atoms with van der Waals surface area (Å²) in [6, 6.07) is 0.562. The Morgan fingerprint density at radius 1 is 0.842 bits per heavy atom. The predicted molar refractivity (Wildman–Crippen MR) is 50.7 cm³/mol. The molecule has 19 heavy (non-hydrogen) atoms. The van der Waals surface area contributed by atoms with E-state index in [1.807, 2.05) is 0 Å². The second kappa shape index (κ2) is 11.2. The Labute approximate surface area is 139 Å². The SMILES string of the molecule is N[C@@H]1CCCC[C@H]1N.O=P([O-])([O-])OP(=O)([O-])[O-].[Pt+2].[Pt+2]. The van der Waals surface area contributed by atoms with Gasteiger partial charge in [-0.05, 0) is 12.8 Å². The van der Waals surface area contributed by atoms with E-state index in [2.05, 4.69) is 4.31 Å². The van der Waals surface area contributed by atoms with Gasteiger partial charge in [0, 0.05) is 12.1 Å². The fraction of sp³-hybridized carbons (Fsp3) is 1.00. The first-order chi connectivity index (χ1) is 7.51. The van der Waals surface area contributed by atoms with Crippen molar-refractivity contribution in [3.63, 3.8) is 0 Å². The third-order valence-corrected chi connectivity index (χ3v) is 3.67. The van der Waals surface area contributed by atoms with Crippen LogP contribution >= 0.6 is 15.6 Å². The van der Waals surface area contributed by atoms with Crippen LogP contribution in [0.3, 0.4) is 0 Å². The molecular formula is C6H14N2O7P2Pt2. The molecule has 0 aromatic heterocycles. The molecule has 1 aliphatic rings. The van der Waals surface area contributed by atoms with Gasteiger partial charge in [-0.25, -0.2) is 0 Å². The van der Waals surface area contributed by atoms with Gasteiger partial charge in [0.2, 0.25) is 0 Å². The van der Waals surface area contributed by atoms with E-state index in [-0.39, 0.29) is 54.2 Å². The van der Waals surface area contributed by atoms with Gasteiger partial charge in [0.15, 0.2) is 0 Å². The molecule has 13 heteroatoms. The predicted octanol–water partition coefficient (Wildman–Crippen LogP) is -3.13. The standard InChI is InChI=1S/C6H14N2.H4O7P2.2Pt/c7-5-3-1-2-4-6(5)8;1-8(2,3)7-9(4,5)6;;/h5-6H,1-4,7-8H2;(H2,1,2,3)(H2,4,5,6);;/q;;2*+2/p-4/t5-,6-;;;/m1.../s1. The second-order valence-electron chi connectivity index (χ2n) is 3.59. The Morgan fingerprint density at radius 2 is 1.11 bits per heavy atom. The van der Waals surface area contributed by atoms with Crippen LogP contribution in [0, 0.1) is 0 Å². The summed E-state index contributed by atoms with van der Waals surface area (Å²) in [6.07, 6.45) is 4.80. The first-order valence-corrected chi connectivity index (χ1v) is 7.70. The van der Waals surface area contributed by atoms with Crippen molar-refractivity contribution in [2.75, 3.05) is 0 Å². The number of phosphoric acid groups is 2. The second-order valence-corrected chi connectivity index (χ2v) is 6.03. The van der Waals surface area contributed by atoms with Crippen LogP contribution in [0.5, 0.6) is 0 Å². The van der Waals surface area contributed by atoms with Crippen molar-refractivity contribution in [2.45, 2.75) is 37.8 Å². The molecule has 0 aliphatic heterocycles. The zero-order valence-electron chi connectivity index (χ0n) is 9.52. The summed E-state index contributed by atoms with van der Waals surface area (Å²) in [5.41, 5.74) is 11.3.